The number of benzene rings is 3. The van der Waals surface area contributed by atoms with Crippen LogP contribution in [0.4, 0.5) is 5.69 Å². The second kappa shape index (κ2) is 13.1. The van der Waals surface area contributed by atoms with E-state index in [4.69, 9.17) is 14.8 Å². The van der Waals surface area contributed by atoms with Gasteiger partial charge in [0.05, 0.1) is 40.0 Å². The Balaban J connectivity index is 1.39. The quantitative estimate of drug-likeness (QED) is 0.0643. The number of carbonyl (C=O) groups is 1. The lowest BCUT2D eigenvalue weighted by Crippen LogP contribution is -2.28. The van der Waals surface area contributed by atoms with Crippen LogP contribution < -0.4 is 10.8 Å². The SMILES string of the molecule is CC(C)(C)ONC=NCCNc1cc(-c2ccccc2)nc2ccc(-c3nc4cc(C(=O)O)ccc4n3C3CCCCC3)cc12. The highest BCUT2D eigenvalue weighted by Crippen LogP contribution is 2.38. The summed E-state index contributed by atoms with van der Waals surface area (Å²) in [5.41, 5.74) is 9.14. The van der Waals surface area contributed by atoms with E-state index in [1.165, 1.54) is 19.3 Å². The van der Waals surface area contributed by atoms with Crippen molar-refractivity contribution in [1.82, 2.24) is 20.0 Å². The Kier molecular flexibility index (Phi) is 8.80. The van der Waals surface area contributed by atoms with Crippen molar-refractivity contribution in [1.29, 1.82) is 0 Å². The number of aromatic carboxylic acids is 1. The lowest BCUT2D eigenvalue weighted by atomic mass is 9.94. The second-order valence-electron chi connectivity index (χ2n) is 12.6. The number of aromatic nitrogens is 3. The molecular formula is C36H40N6O3. The number of nitrogens with zero attached hydrogens (tertiary/aromatic N) is 4. The maximum Gasteiger partial charge on any atom is 0.335 e. The number of pyridine rings is 1. The van der Waals surface area contributed by atoms with Crippen LogP contribution in [0.25, 0.3) is 44.6 Å². The molecule has 9 nitrogen and oxygen atoms in total. The number of nitrogens with one attached hydrogen (secondary N) is 2. The van der Waals surface area contributed by atoms with E-state index in [1.807, 2.05) is 45.0 Å². The predicted molar refractivity (Wildman–Crippen MR) is 181 cm³/mol. The van der Waals surface area contributed by atoms with Gasteiger partial charge < -0.3 is 15.0 Å². The standard InChI is InChI=1S/C36H40N6O3/c1-36(2,3)45-39-23-37-18-19-38-31-22-30(24-10-6-4-7-11-24)40-29-16-14-25(20-28(29)31)34-41-32-21-26(35(43)44)15-17-33(32)42(34)27-12-8-5-9-13-27/h4,6-7,10-11,14-17,20-23,27H,5,8-9,12-13,18-19H2,1-3H3,(H,37,39)(H,38,40)(H,43,44). The second-order valence-corrected chi connectivity index (χ2v) is 12.6. The fourth-order valence-electron chi connectivity index (χ4n) is 5.97. The van der Waals surface area contributed by atoms with Crippen LogP contribution in [0.5, 0.6) is 0 Å². The van der Waals surface area contributed by atoms with Crippen LogP contribution in [0, 0.1) is 0 Å². The van der Waals surface area contributed by atoms with Gasteiger partial charge in [-0.25, -0.2) is 14.8 Å². The maximum atomic E-state index is 11.8. The third-order valence-electron chi connectivity index (χ3n) is 8.08. The summed E-state index contributed by atoms with van der Waals surface area (Å²) < 4.78 is 2.33. The number of fused-ring (bicyclic) bond motifs is 2. The highest BCUT2D eigenvalue weighted by atomic mass is 16.7. The van der Waals surface area contributed by atoms with Crippen LogP contribution in [0.15, 0.2) is 77.8 Å². The highest BCUT2D eigenvalue weighted by molar-refractivity contribution is 5.97. The number of hydroxylamine groups is 1. The van der Waals surface area contributed by atoms with E-state index in [0.29, 0.717) is 24.6 Å². The average molecular weight is 605 g/mol. The average Bonchev–Trinajstić information content (AvgIpc) is 3.43. The zero-order valence-corrected chi connectivity index (χ0v) is 26.1. The van der Waals surface area contributed by atoms with Crippen LogP contribution in [0.1, 0.15) is 69.3 Å². The maximum absolute atomic E-state index is 11.8. The van der Waals surface area contributed by atoms with Crippen molar-refractivity contribution in [3.63, 3.8) is 0 Å². The molecule has 1 aliphatic carbocycles. The number of carboxylic acids is 1. The minimum absolute atomic E-state index is 0.243. The van der Waals surface area contributed by atoms with Gasteiger partial charge in [0.15, 0.2) is 0 Å². The van der Waals surface area contributed by atoms with Gasteiger partial charge in [0, 0.05) is 34.8 Å². The molecule has 3 aromatic carbocycles. The summed E-state index contributed by atoms with van der Waals surface area (Å²) >= 11 is 0. The van der Waals surface area contributed by atoms with Crippen LogP contribution in [-0.2, 0) is 4.84 Å². The molecule has 6 rings (SSSR count). The minimum atomic E-state index is -0.950. The van der Waals surface area contributed by atoms with E-state index < -0.39 is 5.97 Å². The molecule has 2 heterocycles. The van der Waals surface area contributed by atoms with E-state index in [9.17, 15) is 9.90 Å². The Hall–Kier alpha value is -4.76. The van der Waals surface area contributed by atoms with Gasteiger partial charge in [-0.2, -0.15) is 0 Å². The lowest BCUT2D eigenvalue weighted by molar-refractivity contribution is -0.0402. The van der Waals surface area contributed by atoms with Gasteiger partial charge in [-0.05, 0) is 76.1 Å². The number of hydrogen-bond acceptors (Lipinski definition) is 6. The first kappa shape index (κ1) is 30.3. The van der Waals surface area contributed by atoms with Gasteiger partial charge >= 0.3 is 5.97 Å². The van der Waals surface area contributed by atoms with Crippen molar-refractivity contribution in [3.05, 3.63) is 78.4 Å². The Morgan fingerprint density at radius 3 is 2.53 bits per heavy atom. The molecule has 5 aromatic rings. The molecule has 232 valence electrons. The third kappa shape index (κ3) is 6.99. The van der Waals surface area contributed by atoms with E-state index in [2.05, 4.69) is 56.8 Å². The van der Waals surface area contributed by atoms with E-state index in [-0.39, 0.29) is 11.2 Å². The van der Waals surface area contributed by atoms with Crippen LogP contribution >= 0.6 is 0 Å². The summed E-state index contributed by atoms with van der Waals surface area (Å²) in [5, 5.41) is 14.2. The molecule has 0 saturated heterocycles. The normalized spacial score (nSPS) is 14.4. The molecule has 0 bridgehead atoms. The number of anilines is 1. The summed E-state index contributed by atoms with van der Waals surface area (Å²) in [6, 6.07) is 24.1. The predicted octanol–water partition coefficient (Wildman–Crippen LogP) is 7.88. The molecular weight excluding hydrogens is 564 g/mol. The monoisotopic (exact) mass is 604 g/mol. The molecule has 0 spiro atoms. The topological polar surface area (TPSA) is 114 Å². The zero-order valence-electron chi connectivity index (χ0n) is 26.1. The number of carboxylic acid groups (broad SMARTS) is 1. The van der Waals surface area contributed by atoms with Gasteiger partial charge in [0.2, 0.25) is 0 Å². The lowest BCUT2D eigenvalue weighted by Gasteiger charge is -2.26. The number of hydrogen-bond donors (Lipinski definition) is 3. The number of aliphatic imine (C=N–C) groups is 1. The Morgan fingerprint density at radius 2 is 1.78 bits per heavy atom. The van der Waals surface area contributed by atoms with Crippen molar-refractivity contribution >= 4 is 39.9 Å². The zero-order chi connectivity index (χ0) is 31.4. The van der Waals surface area contributed by atoms with Crippen molar-refractivity contribution in [2.24, 2.45) is 4.99 Å². The third-order valence-corrected chi connectivity index (χ3v) is 8.08. The Labute approximate surface area is 263 Å². The molecule has 0 amide bonds. The molecule has 9 heteroatoms. The van der Waals surface area contributed by atoms with Crippen LogP contribution in [0.2, 0.25) is 0 Å². The molecule has 0 radical (unpaired) electrons. The van der Waals surface area contributed by atoms with Gasteiger partial charge in [-0.1, -0.05) is 49.6 Å². The van der Waals surface area contributed by atoms with Gasteiger partial charge in [0.25, 0.3) is 0 Å². The van der Waals surface area contributed by atoms with E-state index in [0.717, 1.165) is 57.6 Å². The molecule has 3 N–H and O–H groups in total. The highest BCUT2D eigenvalue weighted by Gasteiger charge is 2.23. The largest absolute Gasteiger partial charge is 0.478 e. The smallest absolute Gasteiger partial charge is 0.335 e. The van der Waals surface area contributed by atoms with Gasteiger partial charge in [0.1, 0.15) is 12.2 Å². The van der Waals surface area contributed by atoms with Crippen molar-refractivity contribution in [2.45, 2.75) is 64.5 Å². The first-order chi connectivity index (χ1) is 21.8. The fraction of sp³-hybridized carbons (Fsp3) is 0.333. The van der Waals surface area contributed by atoms with Crippen molar-refractivity contribution in [2.75, 3.05) is 18.4 Å². The molecule has 45 heavy (non-hydrogen) atoms. The van der Waals surface area contributed by atoms with E-state index >= 15 is 0 Å². The summed E-state index contributed by atoms with van der Waals surface area (Å²) in [6.45, 7) is 7.08. The number of rotatable bonds is 10. The Morgan fingerprint density at radius 1 is 0.978 bits per heavy atom. The van der Waals surface area contributed by atoms with Gasteiger partial charge in [-0.3, -0.25) is 15.3 Å². The van der Waals surface area contributed by atoms with Crippen LogP contribution in [-0.4, -0.2) is 50.6 Å². The fourth-order valence-corrected chi connectivity index (χ4v) is 5.97. The first-order valence-electron chi connectivity index (χ1n) is 15.7. The summed E-state index contributed by atoms with van der Waals surface area (Å²) in [6.07, 6.45) is 7.34. The molecule has 0 aliphatic heterocycles. The Bertz CT molecular complexity index is 1840. The molecule has 1 saturated carbocycles. The minimum Gasteiger partial charge on any atom is -0.478 e. The van der Waals surface area contributed by atoms with Gasteiger partial charge in [-0.15, -0.1) is 0 Å². The molecule has 0 atom stereocenters. The summed E-state index contributed by atoms with van der Waals surface area (Å²) in [7, 11) is 0. The van der Waals surface area contributed by atoms with Crippen molar-refractivity contribution < 1.29 is 14.7 Å². The molecule has 2 aromatic heterocycles. The molecule has 1 fully saturated rings. The van der Waals surface area contributed by atoms with E-state index in [1.54, 1.807) is 18.5 Å². The molecule has 1 aliphatic rings. The molecule has 0 unspecified atom stereocenters. The van der Waals surface area contributed by atoms with Crippen LogP contribution in [0.3, 0.4) is 0 Å². The number of imidazole rings is 1. The first-order valence-corrected chi connectivity index (χ1v) is 15.7. The summed E-state index contributed by atoms with van der Waals surface area (Å²) in [5.74, 6) is -0.0943. The van der Waals surface area contributed by atoms with Crippen molar-refractivity contribution in [3.8, 4) is 22.6 Å². The summed E-state index contributed by atoms with van der Waals surface area (Å²) in [4.78, 5) is 31.8.